The van der Waals surface area contributed by atoms with Gasteiger partial charge in [0.05, 0.1) is 26.4 Å². The zero-order valence-electron chi connectivity index (χ0n) is 20.0. The van der Waals surface area contributed by atoms with Gasteiger partial charge >= 0.3 is 0 Å². The van der Waals surface area contributed by atoms with Crippen LogP contribution in [0.1, 0.15) is 5.69 Å². The number of aryl methyl sites for hydroxylation is 2. The molecule has 0 atom stereocenters. The molecule has 0 saturated carbocycles. The van der Waals surface area contributed by atoms with Crippen molar-refractivity contribution in [3.8, 4) is 28.2 Å². The third-order valence-corrected chi connectivity index (χ3v) is 8.43. The maximum Gasteiger partial charge on any atom is 0.296 e. The summed E-state index contributed by atoms with van der Waals surface area (Å²) >= 11 is 0. The predicted molar refractivity (Wildman–Crippen MR) is 141 cm³/mol. The third-order valence-electron chi connectivity index (χ3n) is 6.41. The molecule has 0 amide bonds. The molecule has 0 aliphatic carbocycles. The molecule has 3 nitrogen and oxygen atoms in total. The Hall–Kier alpha value is -3.50. The van der Waals surface area contributed by atoms with Crippen molar-refractivity contribution in [2.75, 3.05) is 0 Å². The summed E-state index contributed by atoms with van der Waals surface area (Å²) in [7, 11) is 0.474. The molecule has 0 aliphatic heterocycles. The van der Waals surface area contributed by atoms with Crippen molar-refractivity contribution in [3.05, 3.63) is 96.8 Å². The van der Waals surface area contributed by atoms with E-state index in [0.717, 1.165) is 17.1 Å². The number of hydrogen-bond donors (Lipinski definition) is 0. The topological polar surface area (TPSA) is 21.7 Å². The SMILES string of the molecule is Cc1ncccc1-c1n(-c2ccc(-c3ccccc3)cc2[Si](C)(C)C)c2ccccc2[n+]1C. The predicted octanol–water partition coefficient (Wildman–Crippen LogP) is 6.04. The molecule has 0 spiro atoms. The average Bonchev–Trinajstić information content (AvgIpc) is 3.11. The number of nitrogens with zero attached hydrogens (tertiary/aromatic N) is 3. The molecule has 33 heavy (non-hydrogen) atoms. The summed E-state index contributed by atoms with van der Waals surface area (Å²) in [5, 5.41) is 1.45. The van der Waals surface area contributed by atoms with Gasteiger partial charge in [0.2, 0.25) is 0 Å². The van der Waals surface area contributed by atoms with E-state index in [2.05, 4.69) is 127 Å². The molecular weight excluding hydrogens is 418 g/mol. The van der Waals surface area contributed by atoms with Crippen LogP contribution in [0.2, 0.25) is 19.6 Å². The minimum absolute atomic E-state index is 1.03. The molecule has 0 radical (unpaired) electrons. The van der Waals surface area contributed by atoms with Crippen LogP contribution in [0.5, 0.6) is 0 Å². The molecule has 0 unspecified atom stereocenters. The Balaban J connectivity index is 1.87. The van der Waals surface area contributed by atoms with Gasteiger partial charge in [-0.1, -0.05) is 74.2 Å². The van der Waals surface area contributed by atoms with Crippen LogP contribution in [-0.2, 0) is 7.05 Å². The molecule has 0 bridgehead atoms. The number of benzene rings is 3. The van der Waals surface area contributed by atoms with Crippen LogP contribution in [-0.4, -0.2) is 17.6 Å². The second kappa shape index (κ2) is 8.12. The fourth-order valence-corrected chi connectivity index (χ4v) is 6.27. The smallest absolute Gasteiger partial charge is 0.261 e. The number of rotatable bonds is 4. The van der Waals surface area contributed by atoms with Crippen LogP contribution in [0.15, 0.2) is 91.1 Å². The standard InChI is InChI=1S/C29H30N3Si/c1-21-24(14-11-19-30-21)29-31(2)25-15-9-10-16-26(25)32(29)27-18-17-23(20-28(27)33(3,4)5)22-12-7-6-8-13-22/h6-20H,1-5H3/q+1. The van der Waals surface area contributed by atoms with Crippen LogP contribution in [0.3, 0.4) is 0 Å². The maximum atomic E-state index is 4.61. The molecule has 3 aromatic carbocycles. The van der Waals surface area contributed by atoms with Crippen LogP contribution in [0.4, 0.5) is 0 Å². The zero-order valence-corrected chi connectivity index (χ0v) is 21.0. The highest BCUT2D eigenvalue weighted by atomic mass is 28.3. The van der Waals surface area contributed by atoms with Gasteiger partial charge in [0, 0.05) is 6.20 Å². The second-order valence-electron chi connectivity index (χ2n) is 9.69. The van der Waals surface area contributed by atoms with E-state index in [9.17, 15) is 0 Å². The van der Waals surface area contributed by atoms with Gasteiger partial charge in [-0.25, -0.2) is 4.57 Å². The molecular formula is C29H30N3Si+. The van der Waals surface area contributed by atoms with Crippen molar-refractivity contribution in [1.82, 2.24) is 9.55 Å². The van der Waals surface area contributed by atoms with E-state index in [4.69, 9.17) is 0 Å². The molecule has 5 aromatic rings. The van der Waals surface area contributed by atoms with E-state index in [1.807, 2.05) is 12.3 Å². The maximum absolute atomic E-state index is 4.61. The first kappa shape index (κ1) is 21.3. The summed E-state index contributed by atoms with van der Waals surface area (Å²) in [5.41, 5.74) is 8.42. The summed E-state index contributed by atoms with van der Waals surface area (Å²) in [4.78, 5) is 4.61. The van der Waals surface area contributed by atoms with Gasteiger partial charge in [-0.3, -0.25) is 4.98 Å². The minimum atomic E-state index is -1.69. The molecule has 5 rings (SSSR count). The number of pyridine rings is 1. The molecule has 2 heterocycles. The largest absolute Gasteiger partial charge is 0.296 e. The van der Waals surface area contributed by atoms with Crippen molar-refractivity contribution < 1.29 is 4.57 Å². The van der Waals surface area contributed by atoms with Gasteiger partial charge in [0.1, 0.15) is 5.69 Å². The lowest BCUT2D eigenvalue weighted by atomic mass is 10.1. The van der Waals surface area contributed by atoms with Crippen molar-refractivity contribution in [1.29, 1.82) is 0 Å². The molecule has 164 valence electrons. The van der Waals surface area contributed by atoms with Gasteiger partial charge in [-0.2, -0.15) is 4.57 Å². The highest BCUT2D eigenvalue weighted by Gasteiger charge is 2.31. The van der Waals surface area contributed by atoms with Crippen LogP contribution < -0.4 is 9.75 Å². The van der Waals surface area contributed by atoms with E-state index in [1.54, 1.807) is 0 Å². The number of fused-ring (bicyclic) bond motifs is 1. The van der Waals surface area contributed by atoms with Gasteiger partial charge < -0.3 is 0 Å². The molecule has 0 aliphatic rings. The van der Waals surface area contributed by atoms with E-state index in [1.165, 1.54) is 33.0 Å². The second-order valence-corrected chi connectivity index (χ2v) is 14.7. The van der Waals surface area contributed by atoms with E-state index >= 15 is 0 Å². The quantitative estimate of drug-likeness (QED) is 0.243. The minimum Gasteiger partial charge on any atom is -0.261 e. The normalized spacial score (nSPS) is 11.8. The number of imidazole rings is 1. The summed E-state index contributed by atoms with van der Waals surface area (Å²) in [5.74, 6) is 1.16. The first-order chi connectivity index (χ1) is 15.9. The summed E-state index contributed by atoms with van der Waals surface area (Å²) < 4.78 is 4.75. The lowest BCUT2D eigenvalue weighted by Gasteiger charge is -2.21. The molecule has 0 N–H and O–H groups in total. The van der Waals surface area contributed by atoms with Gasteiger partial charge in [-0.05, 0) is 53.6 Å². The van der Waals surface area contributed by atoms with Crippen molar-refractivity contribution in [2.24, 2.45) is 7.05 Å². The first-order valence-electron chi connectivity index (χ1n) is 11.5. The highest BCUT2D eigenvalue weighted by molar-refractivity contribution is 6.89. The Morgan fingerprint density at radius 2 is 1.52 bits per heavy atom. The van der Waals surface area contributed by atoms with Crippen molar-refractivity contribution in [3.63, 3.8) is 0 Å². The average molecular weight is 449 g/mol. The van der Waals surface area contributed by atoms with E-state index < -0.39 is 8.07 Å². The highest BCUT2D eigenvalue weighted by Crippen LogP contribution is 2.30. The Morgan fingerprint density at radius 3 is 2.24 bits per heavy atom. The zero-order chi connectivity index (χ0) is 23.2. The van der Waals surface area contributed by atoms with Gasteiger partial charge in [-0.15, -0.1) is 0 Å². The molecule has 2 aromatic heterocycles. The van der Waals surface area contributed by atoms with Gasteiger partial charge in [0.15, 0.2) is 11.0 Å². The lowest BCUT2D eigenvalue weighted by molar-refractivity contribution is -0.633. The summed E-state index contributed by atoms with van der Waals surface area (Å²) in [6, 6.07) is 30.6. The fraction of sp³-hybridized carbons (Fsp3) is 0.172. The Morgan fingerprint density at radius 1 is 0.788 bits per heavy atom. The van der Waals surface area contributed by atoms with Crippen molar-refractivity contribution >= 4 is 24.3 Å². The molecule has 4 heteroatoms. The first-order valence-corrected chi connectivity index (χ1v) is 15.0. The number of hydrogen-bond acceptors (Lipinski definition) is 1. The molecule has 0 fully saturated rings. The summed E-state index contributed by atoms with van der Waals surface area (Å²) in [6.45, 7) is 9.39. The Kier molecular flexibility index (Phi) is 5.26. The Labute approximate surface area is 197 Å². The van der Waals surface area contributed by atoms with Gasteiger partial charge in [0.25, 0.3) is 5.82 Å². The summed E-state index contributed by atoms with van der Waals surface area (Å²) in [6.07, 6.45) is 1.87. The molecule has 0 saturated heterocycles. The van der Waals surface area contributed by atoms with E-state index in [0.29, 0.717) is 0 Å². The number of aromatic nitrogens is 3. The third kappa shape index (κ3) is 3.70. The van der Waals surface area contributed by atoms with Crippen molar-refractivity contribution in [2.45, 2.75) is 26.6 Å². The fourth-order valence-electron chi connectivity index (χ4n) is 4.72. The Bertz CT molecular complexity index is 1460. The lowest BCUT2D eigenvalue weighted by Crippen LogP contribution is -2.41. The number of para-hydroxylation sites is 2. The van der Waals surface area contributed by atoms with Crippen LogP contribution >= 0.6 is 0 Å². The van der Waals surface area contributed by atoms with E-state index in [-0.39, 0.29) is 0 Å². The monoisotopic (exact) mass is 448 g/mol. The van der Waals surface area contributed by atoms with Crippen LogP contribution in [0, 0.1) is 6.92 Å². The van der Waals surface area contributed by atoms with Crippen LogP contribution in [0.25, 0.3) is 39.2 Å².